The monoisotopic (exact) mass is 298 g/mol. The maximum absolute atomic E-state index is 11.9. The van der Waals surface area contributed by atoms with Gasteiger partial charge in [0.2, 0.25) is 0 Å². The van der Waals surface area contributed by atoms with Gasteiger partial charge in [-0.25, -0.2) is 0 Å². The van der Waals surface area contributed by atoms with Gasteiger partial charge in [0.15, 0.2) is 0 Å². The smallest absolute Gasteiger partial charge is 0.273 e. The van der Waals surface area contributed by atoms with E-state index >= 15 is 0 Å². The average Bonchev–Trinajstić information content (AvgIpc) is 2.36. The van der Waals surface area contributed by atoms with Gasteiger partial charge in [-0.2, -0.15) is 11.8 Å². The lowest BCUT2D eigenvalue weighted by molar-refractivity contribution is -0.385. The Kier molecular flexibility index (Phi) is 5.52. The summed E-state index contributed by atoms with van der Waals surface area (Å²) in [6.07, 6.45) is 1.86. The quantitative estimate of drug-likeness (QED) is 0.616. The van der Waals surface area contributed by atoms with Gasteiger partial charge in [-0.3, -0.25) is 14.9 Å². The first-order chi connectivity index (χ1) is 9.26. The molecular weight excluding hydrogens is 280 g/mol. The molecule has 1 rings (SSSR count). The van der Waals surface area contributed by atoms with Gasteiger partial charge in [0.1, 0.15) is 0 Å². The molecule has 0 aromatic heterocycles. The third kappa shape index (κ3) is 4.50. The minimum absolute atomic E-state index is 0.0893. The number of nitrogens with zero attached hydrogens (tertiary/aromatic N) is 1. The number of aliphatic hydroxyl groups is 1. The van der Waals surface area contributed by atoms with Crippen molar-refractivity contribution in [2.45, 2.75) is 19.4 Å². The van der Waals surface area contributed by atoms with E-state index in [9.17, 15) is 20.0 Å². The molecule has 0 spiro atoms. The van der Waals surface area contributed by atoms with Gasteiger partial charge in [-0.1, -0.05) is 6.07 Å². The Morgan fingerprint density at radius 1 is 1.55 bits per heavy atom. The van der Waals surface area contributed by atoms with Crippen LogP contribution in [0.3, 0.4) is 0 Å². The molecule has 0 bridgehead atoms. The molecule has 0 aliphatic rings. The van der Waals surface area contributed by atoms with E-state index in [0.29, 0.717) is 11.3 Å². The summed E-state index contributed by atoms with van der Waals surface area (Å²) in [5.74, 6) is 0.0518. The highest BCUT2D eigenvalue weighted by molar-refractivity contribution is 7.98. The normalized spacial score (nSPS) is 13.6. The van der Waals surface area contributed by atoms with E-state index in [1.165, 1.54) is 30.0 Å². The summed E-state index contributed by atoms with van der Waals surface area (Å²) in [6.45, 7) is 3.33. The third-order valence-electron chi connectivity index (χ3n) is 2.75. The molecule has 0 fully saturated rings. The summed E-state index contributed by atoms with van der Waals surface area (Å²) in [6, 6.07) is 4.31. The van der Waals surface area contributed by atoms with Crippen LogP contribution < -0.4 is 5.32 Å². The fourth-order valence-electron chi connectivity index (χ4n) is 1.68. The molecule has 0 heterocycles. The standard InChI is InChI=1S/C13H18N2O4S/c1-9-4-5-10(6-11(9)15(18)19)12(16)14-7-13(2,17)8-20-3/h4-6,17H,7-8H2,1-3H3,(H,14,16). The first kappa shape index (κ1) is 16.5. The molecule has 110 valence electrons. The Balaban J connectivity index is 2.78. The predicted molar refractivity (Wildman–Crippen MR) is 79.2 cm³/mol. The molecular formula is C13H18N2O4S. The Morgan fingerprint density at radius 3 is 2.75 bits per heavy atom. The highest BCUT2D eigenvalue weighted by Crippen LogP contribution is 2.19. The predicted octanol–water partition coefficient (Wildman–Crippen LogP) is 1.75. The van der Waals surface area contributed by atoms with E-state index in [-0.39, 0.29) is 17.8 Å². The fourth-order valence-corrected chi connectivity index (χ4v) is 2.41. The molecule has 0 radical (unpaired) electrons. The first-order valence-electron chi connectivity index (χ1n) is 6.01. The summed E-state index contributed by atoms with van der Waals surface area (Å²) >= 11 is 1.47. The lowest BCUT2D eigenvalue weighted by Gasteiger charge is -2.22. The van der Waals surface area contributed by atoms with Crippen LogP contribution in [0.2, 0.25) is 0 Å². The van der Waals surface area contributed by atoms with Crippen molar-refractivity contribution in [1.82, 2.24) is 5.32 Å². The average molecular weight is 298 g/mol. The molecule has 1 amide bonds. The molecule has 0 saturated heterocycles. The second kappa shape index (κ2) is 6.71. The number of amides is 1. The van der Waals surface area contributed by atoms with Gasteiger partial charge in [0.05, 0.1) is 10.5 Å². The van der Waals surface area contributed by atoms with E-state index in [0.717, 1.165) is 0 Å². The number of nitro benzene ring substituents is 1. The molecule has 6 nitrogen and oxygen atoms in total. The van der Waals surface area contributed by atoms with Crippen LogP contribution in [0.4, 0.5) is 5.69 Å². The maximum Gasteiger partial charge on any atom is 0.273 e. The largest absolute Gasteiger partial charge is 0.387 e. The lowest BCUT2D eigenvalue weighted by Crippen LogP contribution is -2.42. The van der Waals surface area contributed by atoms with Gasteiger partial charge < -0.3 is 10.4 Å². The Bertz CT molecular complexity index is 517. The number of rotatable bonds is 6. The molecule has 1 aromatic rings. The second-order valence-corrected chi connectivity index (χ2v) is 5.74. The van der Waals surface area contributed by atoms with Crippen molar-refractivity contribution < 1.29 is 14.8 Å². The summed E-state index contributed by atoms with van der Waals surface area (Å²) in [5, 5.41) is 23.4. The van der Waals surface area contributed by atoms with Crippen LogP contribution in [-0.4, -0.2) is 40.1 Å². The summed E-state index contributed by atoms with van der Waals surface area (Å²) in [5.41, 5.74) is -0.386. The molecule has 0 aliphatic heterocycles. The van der Waals surface area contributed by atoms with Crippen LogP contribution >= 0.6 is 11.8 Å². The topological polar surface area (TPSA) is 92.5 Å². The maximum atomic E-state index is 11.9. The number of benzene rings is 1. The molecule has 1 unspecified atom stereocenters. The number of nitro groups is 1. The second-order valence-electron chi connectivity index (χ2n) is 4.87. The van der Waals surface area contributed by atoms with Crippen molar-refractivity contribution in [2.75, 3.05) is 18.6 Å². The summed E-state index contributed by atoms with van der Waals surface area (Å²) in [4.78, 5) is 22.2. The van der Waals surface area contributed by atoms with Gasteiger partial charge in [0.25, 0.3) is 11.6 Å². The van der Waals surface area contributed by atoms with Crippen LogP contribution in [0.5, 0.6) is 0 Å². The number of aryl methyl sites for hydroxylation is 1. The van der Waals surface area contributed by atoms with E-state index in [1.807, 2.05) is 6.26 Å². The zero-order valence-corrected chi connectivity index (χ0v) is 12.5. The van der Waals surface area contributed by atoms with Crippen LogP contribution in [0.25, 0.3) is 0 Å². The van der Waals surface area contributed by atoms with Crippen molar-refractivity contribution >= 4 is 23.4 Å². The molecule has 1 atom stereocenters. The molecule has 0 saturated carbocycles. The van der Waals surface area contributed by atoms with Crippen LogP contribution in [0, 0.1) is 17.0 Å². The van der Waals surface area contributed by atoms with Gasteiger partial charge >= 0.3 is 0 Å². The SMILES string of the molecule is CSCC(C)(O)CNC(=O)c1ccc(C)c([N+](=O)[O-])c1. The van der Waals surface area contributed by atoms with Crippen LogP contribution in [0.1, 0.15) is 22.8 Å². The van der Waals surface area contributed by atoms with Crippen molar-refractivity contribution in [3.8, 4) is 0 Å². The van der Waals surface area contributed by atoms with Gasteiger partial charge in [-0.05, 0) is 26.2 Å². The molecule has 2 N–H and O–H groups in total. The molecule has 0 aliphatic carbocycles. The Hall–Kier alpha value is -1.60. The van der Waals surface area contributed by atoms with E-state index < -0.39 is 16.4 Å². The summed E-state index contributed by atoms with van der Waals surface area (Å²) in [7, 11) is 0. The van der Waals surface area contributed by atoms with Crippen molar-refractivity contribution in [1.29, 1.82) is 0 Å². The van der Waals surface area contributed by atoms with Gasteiger partial charge in [-0.15, -0.1) is 0 Å². The highest BCUT2D eigenvalue weighted by atomic mass is 32.2. The highest BCUT2D eigenvalue weighted by Gasteiger charge is 2.21. The number of carbonyl (C=O) groups excluding carboxylic acids is 1. The van der Waals surface area contributed by atoms with Crippen LogP contribution in [-0.2, 0) is 0 Å². The van der Waals surface area contributed by atoms with E-state index in [2.05, 4.69) is 5.32 Å². The van der Waals surface area contributed by atoms with E-state index in [4.69, 9.17) is 0 Å². The zero-order valence-electron chi connectivity index (χ0n) is 11.7. The number of hydrogen-bond donors (Lipinski definition) is 2. The number of thioether (sulfide) groups is 1. The zero-order chi connectivity index (χ0) is 15.3. The van der Waals surface area contributed by atoms with Gasteiger partial charge in [0, 0.05) is 29.5 Å². The lowest BCUT2D eigenvalue weighted by atomic mass is 10.1. The Morgan fingerprint density at radius 2 is 2.20 bits per heavy atom. The number of carbonyl (C=O) groups is 1. The van der Waals surface area contributed by atoms with Crippen LogP contribution in [0.15, 0.2) is 18.2 Å². The number of hydrogen-bond acceptors (Lipinski definition) is 5. The third-order valence-corrected chi connectivity index (χ3v) is 3.66. The first-order valence-corrected chi connectivity index (χ1v) is 7.41. The molecule has 7 heteroatoms. The molecule has 20 heavy (non-hydrogen) atoms. The summed E-state index contributed by atoms with van der Waals surface area (Å²) < 4.78 is 0. The van der Waals surface area contributed by atoms with Crippen molar-refractivity contribution in [3.63, 3.8) is 0 Å². The fraction of sp³-hybridized carbons (Fsp3) is 0.462. The minimum Gasteiger partial charge on any atom is -0.387 e. The number of nitrogens with one attached hydrogen (secondary N) is 1. The van der Waals surface area contributed by atoms with Crippen molar-refractivity contribution in [2.24, 2.45) is 0 Å². The van der Waals surface area contributed by atoms with Crippen molar-refractivity contribution in [3.05, 3.63) is 39.4 Å². The van der Waals surface area contributed by atoms with E-state index in [1.54, 1.807) is 13.8 Å². The molecule has 1 aromatic carbocycles. The minimum atomic E-state index is -1.01. The Labute approximate surface area is 121 Å².